The van der Waals surface area contributed by atoms with Crippen LogP contribution in [0.4, 0.5) is 0 Å². The van der Waals surface area contributed by atoms with E-state index in [9.17, 15) is 0 Å². The zero-order valence-electron chi connectivity index (χ0n) is 14.2. The minimum atomic E-state index is 0.492. The van der Waals surface area contributed by atoms with E-state index in [1.165, 1.54) is 77.0 Å². The molecular formula is C18H38N2. The van der Waals surface area contributed by atoms with Crippen LogP contribution in [0.3, 0.4) is 0 Å². The van der Waals surface area contributed by atoms with Gasteiger partial charge in [-0.25, -0.2) is 0 Å². The molecule has 120 valence electrons. The normalized spacial score (nSPS) is 19.6. The molecule has 0 aromatic rings. The molecule has 0 saturated heterocycles. The number of nitrogens with one attached hydrogen (secondary N) is 1. The van der Waals surface area contributed by atoms with Crippen LogP contribution in [-0.4, -0.2) is 6.04 Å². The fraction of sp³-hybridized carbons (Fsp3) is 1.00. The lowest BCUT2D eigenvalue weighted by Gasteiger charge is -2.39. The van der Waals surface area contributed by atoms with E-state index in [0.29, 0.717) is 11.5 Å². The lowest BCUT2D eigenvalue weighted by molar-refractivity contribution is 0.145. The van der Waals surface area contributed by atoms with Crippen molar-refractivity contribution in [3.8, 4) is 0 Å². The molecule has 1 saturated carbocycles. The van der Waals surface area contributed by atoms with Crippen LogP contribution in [0.5, 0.6) is 0 Å². The molecule has 0 radical (unpaired) electrons. The summed E-state index contributed by atoms with van der Waals surface area (Å²) in [6.07, 6.45) is 16.5. The van der Waals surface area contributed by atoms with Crippen molar-refractivity contribution in [2.75, 3.05) is 0 Å². The molecule has 0 heterocycles. The molecular weight excluding hydrogens is 244 g/mol. The summed E-state index contributed by atoms with van der Waals surface area (Å²) in [5, 5.41) is 0. The standard InChI is InChI=1S/C18H38N2/c1-4-5-6-7-8-9-12-17(20-19)18(15-16(2)3)13-10-11-14-18/h16-17,20H,4-15,19H2,1-3H3. The summed E-state index contributed by atoms with van der Waals surface area (Å²) in [5.74, 6) is 6.71. The zero-order valence-corrected chi connectivity index (χ0v) is 14.2. The van der Waals surface area contributed by atoms with E-state index in [2.05, 4.69) is 26.2 Å². The van der Waals surface area contributed by atoms with Crippen molar-refractivity contribution >= 4 is 0 Å². The van der Waals surface area contributed by atoms with Crippen LogP contribution in [0.1, 0.15) is 97.8 Å². The summed E-state index contributed by atoms with van der Waals surface area (Å²) >= 11 is 0. The lowest BCUT2D eigenvalue weighted by Crippen LogP contribution is -2.48. The summed E-state index contributed by atoms with van der Waals surface area (Å²) in [4.78, 5) is 0. The van der Waals surface area contributed by atoms with Gasteiger partial charge in [0.05, 0.1) is 0 Å². The van der Waals surface area contributed by atoms with E-state index in [1.807, 2.05) is 0 Å². The molecule has 0 bridgehead atoms. The Hall–Kier alpha value is -0.0800. The number of unbranched alkanes of at least 4 members (excludes halogenated alkanes) is 5. The van der Waals surface area contributed by atoms with Gasteiger partial charge in [0.2, 0.25) is 0 Å². The molecule has 2 heteroatoms. The zero-order chi connectivity index (χ0) is 14.8. The van der Waals surface area contributed by atoms with E-state index in [-0.39, 0.29) is 0 Å². The second-order valence-corrected chi connectivity index (χ2v) is 7.44. The summed E-state index contributed by atoms with van der Waals surface area (Å²) in [6, 6.07) is 0.540. The molecule has 20 heavy (non-hydrogen) atoms. The van der Waals surface area contributed by atoms with Gasteiger partial charge in [-0.05, 0) is 37.0 Å². The van der Waals surface area contributed by atoms with Crippen molar-refractivity contribution < 1.29 is 0 Å². The van der Waals surface area contributed by atoms with E-state index in [4.69, 9.17) is 5.84 Å². The number of hydrogen-bond acceptors (Lipinski definition) is 2. The number of nitrogens with two attached hydrogens (primary N) is 1. The Balaban J connectivity index is 2.37. The smallest absolute Gasteiger partial charge is 0.0267 e. The van der Waals surface area contributed by atoms with E-state index in [0.717, 1.165) is 5.92 Å². The lowest BCUT2D eigenvalue weighted by atomic mass is 9.71. The molecule has 0 amide bonds. The highest BCUT2D eigenvalue weighted by Crippen LogP contribution is 2.47. The third-order valence-corrected chi connectivity index (χ3v) is 5.20. The third kappa shape index (κ3) is 5.73. The van der Waals surface area contributed by atoms with Crippen molar-refractivity contribution in [2.45, 2.75) is 104 Å². The quantitative estimate of drug-likeness (QED) is 0.311. The maximum absolute atomic E-state index is 5.93. The van der Waals surface area contributed by atoms with Gasteiger partial charge < -0.3 is 0 Å². The first-order chi connectivity index (χ1) is 9.64. The van der Waals surface area contributed by atoms with Gasteiger partial charge in [-0.15, -0.1) is 0 Å². The molecule has 1 aliphatic carbocycles. The topological polar surface area (TPSA) is 38.0 Å². The largest absolute Gasteiger partial charge is 0.271 e. The molecule has 1 atom stereocenters. The van der Waals surface area contributed by atoms with Crippen LogP contribution in [0, 0.1) is 11.3 Å². The molecule has 0 spiro atoms. The van der Waals surface area contributed by atoms with Crippen LogP contribution in [0.2, 0.25) is 0 Å². The minimum Gasteiger partial charge on any atom is -0.271 e. The number of rotatable bonds is 11. The summed E-state index contributed by atoms with van der Waals surface area (Å²) in [7, 11) is 0. The second kappa shape index (κ2) is 9.78. The Bertz CT molecular complexity index is 232. The second-order valence-electron chi connectivity index (χ2n) is 7.44. The van der Waals surface area contributed by atoms with Crippen LogP contribution < -0.4 is 11.3 Å². The molecule has 1 unspecified atom stereocenters. The van der Waals surface area contributed by atoms with Gasteiger partial charge in [0.25, 0.3) is 0 Å². The van der Waals surface area contributed by atoms with Crippen molar-refractivity contribution in [1.82, 2.24) is 5.43 Å². The Morgan fingerprint density at radius 2 is 1.60 bits per heavy atom. The Kier molecular flexibility index (Phi) is 8.79. The van der Waals surface area contributed by atoms with Crippen LogP contribution >= 0.6 is 0 Å². The van der Waals surface area contributed by atoms with Gasteiger partial charge in [-0.2, -0.15) is 0 Å². The molecule has 1 fully saturated rings. The monoisotopic (exact) mass is 282 g/mol. The minimum absolute atomic E-state index is 0.492. The first kappa shape index (κ1) is 18.0. The summed E-state index contributed by atoms with van der Waals surface area (Å²) in [6.45, 7) is 7.00. The Morgan fingerprint density at radius 1 is 1.00 bits per heavy atom. The van der Waals surface area contributed by atoms with Crippen molar-refractivity contribution in [3.63, 3.8) is 0 Å². The first-order valence-corrected chi connectivity index (χ1v) is 9.10. The van der Waals surface area contributed by atoms with Crippen LogP contribution in [0.25, 0.3) is 0 Å². The van der Waals surface area contributed by atoms with E-state index >= 15 is 0 Å². The van der Waals surface area contributed by atoms with Gasteiger partial charge in [0.15, 0.2) is 0 Å². The molecule has 0 aromatic carbocycles. The highest BCUT2D eigenvalue weighted by Gasteiger charge is 2.40. The van der Waals surface area contributed by atoms with Crippen molar-refractivity contribution in [2.24, 2.45) is 17.2 Å². The van der Waals surface area contributed by atoms with Crippen LogP contribution in [0.15, 0.2) is 0 Å². The Morgan fingerprint density at radius 3 is 2.15 bits per heavy atom. The maximum Gasteiger partial charge on any atom is 0.0267 e. The van der Waals surface area contributed by atoms with Crippen molar-refractivity contribution in [3.05, 3.63) is 0 Å². The van der Waals surface area contributed by atoms with E-state index < -0.39 is 0 Å². The summed E-state index contributed by atoms with van der Waals surface area (Å²) < 4.78 is 0. The van der Waals surface area contributed by atoms with Crippen molar-refractivity contribution in [1.29, 1.82) is 0 Å². The fourth-order valence-corrected chi connectivity index (χ4v) is 4.28. The molecule has 3 N–H and O–H groups in total. The van der Waals surface area contributed by atoms with Gasteiger partial charge in [0, 0.05) is 6.04 Å². The predicted octanol–water partition coefficient (Wildman–Crippen LogP) is 5.18. The third-order valence-electron chi connectivity index (χ3n) is 5.20. The van der Waals surface area contributed by atoms with Gasteiger partial charge >= 0.3 is 0 Å². The molecule has 0 aromatic heterocycles. The van der Waals surface area contributed by atoms with Gasteiger partial charge in [-0.1, -0.05) is 72.1 Å². The van der Waals surface area contributed by atoms with E-state index in [1.54, 1.807) is 0 Å². The van der Waals surface area contributed by atoms with Gasteiger partial charge in [0.1, 0.15) is 0 Å². The molecule has 1 aliphatic rings. The SMILES string of the molecule is CCCCCCCCC(NN)C1(CC(C)C)CCCC1. The molecule has 2 nitrogen and oxygen atoms in total. The average Bonchev–Trinajstić information content (AvgIpc) is 2.86. The van der Waals surface area contributed by atoms with Crippen LogP contribution in [-0.2, 0) is 0 Å². The molecule has 0 aliphatic heterocycles. The Labute approximate surface area is 127 Å². The summed E-state index contributed by atoms with van der Waals surface area (Å²) in [5.41, 5.74) is 3.68. The number of hydrogen-bond donors (Lipinski definition) is 2. The average molecular weight is 283 g/mol. The maximum atomic E-state index is 5.93. The molecule has 1 rings (SSSR count). The highest BCUT2D eigenvalue weighted by molar-refractivity contribution is 4.94. The predicted molar refractivity (Wildman–Crippen MR) is 89.5 cm³/mol. The number of hydrazine groups is 1. The highest BCUT2D eigenvalue weighted by atomic mass is 15.2. The first-order valence-electron chi connectivity index (χ1n) is 9.10. The fourth-order valence-electron chi connectivity index (χ4n) is 4.28. The van der Waals surface area contributed by atoms with Gasteiger partial charge in [-0.3, -0.25) is 11.3 Å².